The molecule has 0 spiro atoms. The Kier molecular flexibility index (Phi) is 6.71. The number of aryl methyl sites for hydroxylation is 1. The molecule has 1 heterocycles. The van der Waals surface area contributed by atoms with Crippen LogP contribution in [0.3, 0.4) is 0 Å². The number of hydrogen-bond donors (Lipinski definition) is 1. The molecule has 1 aromatic heterocycles. The van der Waals surface area contributed by atoms with Crippen LogP contribution >= 0.6 is 11.8 Å². The average molecular weight is 397 g/mol. The van der Waals surface area contributed by atoms with Gasteiger partial charge in [0.05, 0.1) is 10.5 Å². The SMILES string of the molecule is C=C(S/C=C(\C)NC(=O)C1CCCC1)n1cc(CC(C)C)c2ccc(C)cc21. The third-order valence-corrected chi connectivity index (χ3v) is 6.30. The molecule has 4 heteroatoms. The van der Waals surface area contributed by atoms with Crippen LogP contribution in [0, 0.1) is 18.8 Å². The zero-order valence-electron chi connectivity index (χ0n) is 17.5. The van der Waals surface area contributed by atoms with Gasteiger partial charge in [-0.2, -0.15) is 0 Å². The fourth-order valence-electron chi connectivity index (χ4n) is 3.94. The number of hydrogen-bond acceptors (Lipinski definition) is 2. The maximum absolute atomic E-state index is 12.3. The number of nitrogens with zero attached hydrogens (tertiary/aromatic N) is 1. The topological polar surface area (TPSA) is 34.0 Å². The summed E-state index contributed by atoms with van der Waals surface area (Å²) in [7, 11) is 0. The number of amides is 1. The molecule has 1 aliphatic rings. The minimum Gasteiger partial charge on any atom is -0.329 e. The van der Waals surface area contributed by atoms with Crippen LogP contribution in [0.2, 0.25) is 0 Å². The Morgan fingerprint density at radius 3 is 2.75 bits per heavy atom. The molecule has 3 rings (SSSR count). The van der Waals surface area contributed by atoms with Gasteiger partial charge in [0.1, 0.15) is 0 Å². The van der Waals surface area contributed by atoms with E-state index in [4.69, 9.17) is 0 Å². The van der Waals surface area contributed by atoms with Gasteiger partial charge in [0.15, 0.2) is 0 Å². The minimum atomic E-state index is 0.165. The fraction of sp³-hybridized carbons (Fsp3) is 0.458. The molecule has 1 aliphatic carbocycles. The van der Waals surface area contributed by atoms with Crippen molar-refractivity contribution < 1.29 is 4.79 Å². The molecular weight excluding hydrogens is 364 g/mol. The maximum atomic E-state index is 12.3. The molecule has 1 aromatic carbocycles. The van der Waals surface area contributed by atoms with E-state index in [9.17, 15) is 4.79 Å². The number of thioether (sulfide) groups is 1. The maximum Gasteiger partial charge on any atom is 0.227 e. The van der Waals surface area contributed by atoms with Gasteiger partial charge in [0, 0.05) is 23.2 Å². The molecule has 2 aromatic rings. The highest BCUT2D eigenvalue weighted by atomic mass is 32.2. The molecule has 1 amide bonds. The van der Waals surface area contributed by atoms with E-state index in [-0.39, 0.29) is 11.8 Å². The van der Waals surface area contributed by atoms with E-state index < -0.39 is 0 Å². The normalized spacial score (nSPS) is 15.5. The first kappa shape index (κ1) is 20.8. The van der Waals surface area contributed by atoms with Crippen LogP contribution < -0.4 is 5.32 Å². The quantitative estimate of drug-likeness (QED) is 0.581. The van der Waals surface area contributed by atoms with Crippen LogP contribution in [-0.4, -0.2) is 10.5 Å². The molecule has 1 N–H and O–H groups in total. The van der Waals surface area contributed by atoms with Crippen molar-refractivity contribution in [3.8, 4) is 0 Å². The molecule has 0 aliphatic heterocycles. The summed E-state index contributed by atoms with van der Waals surface area (Å²) in [4.78, 5) is 12.3. The predicted molar refractivity (Wildman–Crippen MR) is 122 cm³/mol. The monoisotopic (exact) mass is 396 g/mol. The molecule has 0 bridgehead atoms. The Balaban J connectivity index is 1.75. The average Bonchev–Trinajstić information content (AvgIpc) is 3.28. The molecule has 1 saturated carbocycles. The molecular formula is C24H32N2OS. The fourth-order valence-corrected chi connectivity index (χ4v) is 4.58. The first-order valence-corrected chi connectivity index (χ1v) is 11.2. The summed E-state index contributed by atoms with van der Waals surface area (Å²) in [6, 6.07) is 6.62. The number of allylic oxidation sites excluding steroid dienone is 1. The first-order valence-electron chi connectivity index (χ1n) is 10.3. The van der Waals surface area contributed by atoms with Gasteiger partial charge in [-0.05, 0) is 61.6 Å². The number of rotatable bonds is 7. The van der Waals surface area contributed by atoms with E-state index in [0.717, 1.165) is 30.0 Å². The Bertz CT molecular complexity index is 901. The Hall–Kier alpha value is -1.94. The van der Waals surface area contributed by atoms with E-state index in [2.05, 4.69) is 61.6 Å². The molecule has 0 saturated heterocycles. The van der Waals surface area contributed by atoms with Crippen molar-refractivity contribution in [1.82, 2.24) is 9.88 Å². The highest BCUT2D eigenvalue weighted by molar-refractivity contribution is 8.10. The van der Waals surface area contributed by atoms with Gasteiger partial charge in [0.2, 0.25) is 5.91 Å². The highest BCUT2D eigenvalue weighted by Gasteiger charge is 2.22. The lowest BCUT2D eigenvalue weighted by atomic mass is 10.0. The van der Waals surface area contributed by atoms with Gasteiger partial charge < -0.3 is 9.88 Å². The Labute approximate surface area is 173 Å². The highest BCUT2D eigenvalue weighted by Crippen LogP contribution is 2.32. The summed E-state index contributed by atoms with van der Waals surface area (Å²) in [6.07, 6.45) is 7.66. The van der Waals surface area contributed by atoms with Crippen molar-refractivity contribution in [1.29, 1.82) is 0 Å². The van der Waals surface area contributed by atoms with Gasteiger partial charge in [-0.3, -0.25) is 4.79 Å². The zero-order chi connectivity index (χ0) is 20.3. The summed E-state index contributed by atoms with van der Waals surface area (Å²) < 4.78 is 2.19. The molecule has 0 unspecified atom stereocenters. The minimum absolute atomic E-state index is 0.165. The lowest BCUT2D eigenvalue weighted by molar-refractivity contribution is -0.124. The summed E-state index contributed by atoms with van der Waals surface area (Å²) in [6.45, 7) is 12.9. The molecule has 28 heavy (non-hydrogen) atoms. The van der Waals surface area contributed by atoms with Crippen molar-refractivity contribution in [2.45, 2.75) is 59.8 Å². The number of carbonyl (C=O) groups is 1. The number of nitrogens with one attached hydrogen (secondary N) is 1. The van der Waals surface area contributed by atoms with Crippen molar-refractivity contribution in [2.75, 3.05) is 0 Å². The van der Waals surface area contributed by atoms with Crippen LogP contribution in [0.5, 0.6) is 0 Å². The van der Waals surface area contributed by atoms with Crippen LogP contribution in [0.1, 0.15) is 57.6 Å². The number of aromatic nitrogens is 1. The molecule has 0 radical (unpaired) electrons. The lowest BCUT2D eigenvalue weighted by Gasteiger charge is -2.11. The predicted octanol–water partition coefficient (Wildman–Crippen LogP) is 6.48. The van der Waals surface area contributed by atoms with Crippen molar-refractivity contribution in [3.63, 3.8) is 0 Å². The number of carbonyl (C=O) groups excluding carboxylic acids is 1. The second-order valence-corrected chi connectivity index (χ2v) is 9.37. The Morgan fingerprint density at radius 2 is 2.07 bits per heavy atom. The first-order chi connectivity index (χ1) is 13.3. The standard InChI is InChI=1S/C24H32N2OS/c1-16(2)12-21-14-26(23-13-17(3)10-11-22(21)23)19(5)28-15-18(4)25-24(27)20-8-6-7-9-20/h10-11,13-16,20H,5-9,12H2,1-4H3,(H,25,27)/b18-15+. The van der Waals surface area contributed by atoms with Crippen LogP contribution in [0.4, 0.5) is 0 Å². The molecule has 3 nitrogen and oxygen atoms in total. The van der Waals surface area contributed by atoms with Gasteiger partial charge in [0.25, 0.3) is 0 Å². The summed E-state index contributed by atoms with van der Waals surface area (Å²) in [5.74, 6) is 0.958. The number of benzene rings is 1. The molecule has 1 fully saturated rings. The summed E-state index contributed by atoms with van der Waals surface area (Å²) in [5.41, 5.74) is 4.70. The lowest BCUT2D eigenvalue weighted by Crippen LogP contribution is -2.27. The van der Waals surface area contributed by atoms with Crippen LogP contribution in [0.25, 0.3) is 15.9 Å². The summed E-state index contributed by atoms with van der Waals surface area (Å²) in [5, 5.41) is 7.30. The Morgan fingerprint density at radius 1 is 1.36 bits per heavy atom. The van der Waals surface area contributed by atoms with Gasteiger partial charge in [-0.25, -0.2) is 0 Å². The van der Waals surface area contributed by atoms with E-state index >= 15 is 0 Å². The van der Waals surface area contributed by atoms with Crippen molar-refractivity contribution >= 4 is 33.6 Å². The second-order valence-electron chi connectivity index (χ2n) is 8.43. The third kappa shape index (κ3) is 4.91. The smallest absolute Gasteiger partial charge is 0.227 e. The van der Waals surface area contributed by atoms with Gasteiger partial charge >= 0.3 is 0 Å². The van der Waals surface area contributed by atoms with E-state index in [1.54, 1.807) is 11.8 Å². The van der Waals surface area contributed by atoms with E-state index in [1.165, 1.54) is 34.9 Å². The van der Waals surface area contributed by atoms with Crippen molar-refractivity contribution in [2.24, 2.45) is 11.8 Å². The second kappa shape index (κ2) is 9.04. The van der Waals surface area contributed by atoms with E-state index in [1.807, 2.05) is 12.3 Å². The largest absolute Gasteiger partial charge is 0.329 e. The van der Waals surface area contributed by atoms with E-state index in [0.29, 0.717) is 5.92 Å². The molecule has 0 atom stereocenters. The molecule has 150 valence electrons. The summed E-state index contributed by atoms with van der Waals surface area (Å²) >= 11 is 1.57. The van der Waals surface area contributed by atoms with Crippen LogP contribution in [0.15, 0.2) is 42.1 Å². The van der Waals surface area contributed by atoms with Gasteiger partial charge in [-0.1, -0.05) is 57.2 Å². The number of fused-ring (bicyclic) bond motifs is 1. The van der Waals surface area contributed by atoms with Gasteiger partial charge in [-0.15, -0.1) is 0 Å². The van der Waals surface area contributed by atoms with Crippen LogP contribution in [-0.2, 0) is 11.2 Å². The third-order valence-electron chi connectivity index (χ3n) is 5.36. The zero-order valence-corrected chi connectivity index (χ0v) is 18.4. The van der Waals surface area contributed by atoms with Crippen molar-refractivity contribution in [3.05, 3.63) is 53.2 Å².